The summed E-state index contributed by atoms with van der Waals surface area (Å²) in [5, 5.41) is 7.37. The summed E-state index contributed by atoms with van der Waals surface area (Å²) >= 11 is 4.24. The Morgan fingerprint density at radius 2 is 2.00 bits per heavy atom. The normalized spacial score (nSPS) is 5.50. The van der Waals surface area contributed by atoms with Gasteiger partial charge in [-0.1, -0.05) is 0 Å². The Labute approximate surface area is 61.7 Å². The Morgan fingerprint density at radius 3 is 2.00 bits per heavy atom. The van der Waals surface area contributed by atoms with E-state index in [9.17, 15) is 0 Å². The summed E-state index contributed by atoms with van der Waals surface area (Å²) in [6.45, 7) is 0. The molecule has 0 aliphatic heterocycles. The van der Waals surface area contributed by atoms with Crippen LogP contribution in [0.3, 0.4) is 0 Å². The fourth-order valence-electron chi connectivity index (χ4n) is 0. The van der Waals surface area contributed by atoms with E-state index in [1.807, 2.05) is 0 Å². The van der Waals surface area contributed by atoms with Gasteiger partial charge < -0.3 is 9.40 Å². The molecule has 0 fully saturated rings. The van der Waals surface area contributed by atoms with Gasteiger partial charge >= 0.3 is 35.7 Å². The molecule has 3 nitrogen and oxygen atoms in total. The Balaban J connectivity index is 0. The first kappa shape index (κ1) is 9.75. The van der Waals surface area contributed by atoms with Gasteiger partial charge in [-0.15, -0.1) is 0 Å². The average molecular weight is 120 g/mol. The molecule has 0 aromatic heterocycles. The summed E-state index contributed by atoms with van der Waals surface area (Å²) in [7, 11) is 0. The van der Waals surface area contributed by atoms with Crippen LogP contribution in [0.2, 0.25) is 0 Å². The van der Waals surface area contributed by atoms with Crippen molar-refractivity contribution in [3.8, 4) is 0 Å². The molecule has 0 radical (unpaired) electrons. The van der Waals surface area contributed by atoms with Gasteiger partial charge in [0, 0.05) is 0 Å². The van der Waals surface area contributed by atoms with Crippen LogP contribution < -0.4 is 0 Å². The van der Waals surface area contributed by atoms with Crippen LogP contribution in [0.15, 0.2) is 0 Å². The van der Waals surface area contributed by atoms with E-state index in [-0.39, 0.29) is 29.6 Å². The van der Waals surface area contributed by atoms with Gasteiger partial charge in [-0.05, 0) is 0 Å². The second-order valence-corrected chi connectivity index (χ2v) is 0.497. The molecule has 0 aromatic carbocycles. The Hall–Kier alpha value is 0.560. The first-order valence-electron chi connectivity index (χ1n) is 0.786. The van der Waals surface area contributed by atoms with E-state index >= 15 is 0 Å². The standard InChI is InChI=1S/CHClO3.Na.H/c2-5-1(3)4;;/h(H,3,4);;. The molecule has 5 heteroatoms. The summed E-state index contributed by atoms with van der Waals surface area (Å²) in [5.74, 6) is 0. The van der Waals surface area contributed by atoms with Gasteiger partial charge in [0.1, 0.15) is 11.9 Å². The van der Waals surface area contributed by atoms with Crippen molar-refractivity contribution < 1.29 is 14.2 Å². The van der Waals surface area contributed by atoms with Crippen LogP contribution in [0, 0.1) is 0 Å². The van der Waals surface area contributed by atoms with Crippen molar-refractivity contribution in [3.05, 3.63) is 0 Å². The summed E-state index contributed by atoms with van der Waals surface area (Å²) in [5.41, 5.74) is 0. The third-order valence-corrected chi connectivity index (χ3v) is 0.198. The Bertz CT molecular complexity index is 46.1. The van der Waals surface area contributed by atoms with Gasteiger partial charge in [0.15, 0.2) is 0 Å². The van der Waals surface area contributed by atoms with E-state index in [1.54, 1.807) is 0 Å². The molecule has 0 rings (SSSR count). The monoisotopic (exact) mass is 120 g/mol. The number of halogens is 1. The van der Waals surface area contributed by atoms with Crippen LogP contribution in [-0.4, -0.2) is 40.8 Å². The van der Waals surface area contributed by atoms with Crippen LogP contribution in [0.4, 0.5) is 4.79 Å². The summed E-state index contributed by atoms with van der Waals surface area (Å²) < 4.78 is 3.14. The van der Waals surface area contributed by atoms with Crippen molar-refractivity contribution in [1.29, 1.82) is 0 Å². The summed E-state index contributed by atoms with van der Waals surface area (Å²) in [6.07, 6.45) is -1.48. The van der Waals surface area contributed by atoms with Crippen molar-refractivity contribution in [2.24, 2.45) is 0 Å². The number of hydrogen-bond acceptors (Lipinski definition) is 2. The van der Waals surface area contributed by atoms with E-state index in [0.717, 1.165) is 0 Å². The number of rotatable bonds is 0. The molecule has 1 N–H and O–H groups in total. The number of carboxylic acid groups (broad SMARTS) is 1. The molecule has 0 saturated carbocycles. The molecular weight excluding hydrogens is 118 g/mol. The Kier molecular flexibility index (Phi) is 9.04. The van der Waals surface area contributed by atoms with Gasteiger partial charge in [0.25, 0.3) is 0 Å². The van der Waals surface area contributed by atoms with Crippen molar-refractivity contribution in [1.82, 2.24) is 0 Å². The van der Waals surface area contributed by atoms with E-state index in [2.05, 4.69) is 16.2 Å². The molecule has 0 heterocycles. The van der Waals surface area contributed by atoms with Crippen molar-refractivity contribution >= 4 is 47.6 Å². The first-order chi connectivity index (χ1) is 2.27. The topological polar surface area (TPSA) is 46.5 Å². The van der Waals surface area contributed by atoms with Crippen LogP contribution in [0.5, 0.6) is 0 Å². The third-order valence-electron chi connectivity index (χ3n) is 0.0660. The molecule has 0 aliphatic rings. The SMILES string of the molecule is O=C(O)OCl.[NaH]. The van der Waals surface area contributed by atoms with Crippen molar-refractivity contribution in [3.63, 3.8) is 0 Å². The molecule has 0 aromatic rings. The second kappa shape index (κ2) is 5.56. The molecule has 0 spiro atoms. The quantitative estimate of drug-likeness (QED) is 0.464. The van der Waals surface area contributed by atoms with E-state index in [1.165, 1.54) is 0 Å². The molecule has 0 unspecified atom stereocenters. The van der Waals surface area contributed by atoms with Gasteiger partial charge in [-0.2, -0.15) is 0 Å². The number of carbonyl (C=O) groups is 1. The molecule has 0 atom stereocenters. The van der Waals surface area contributed by atoms with Crippen LogP contribution in [-0.2, 0) is 4.29 Å². The van der Waals surface area contributed by atoms with Crippen LogP contribution in [0.1, 0.15) is 0 Å². The van der Waals surface area contributed by atoms with E-state index < -0.39 is 6.16 Å². The zero-order chi connectivity index (χ0) is 4.28. The molecule has 0 bridgehead atoms. The Morgan fingerprint density at radius 1 is 1.83 bits per heavy atom. The van der Waals surface area contributed by atoms with Gasteiger partial charge in [-0.25, -0.2) is 4.79 Å². The third kappa shape index (κ3) is 8.82. The predicted molar refractivity (Wildman–Crippen MR) is 22.1 cm³/mol. The zero-order valence-corrected chi connectivity index (χ0v) is 2.90. The van der Waals surface area contributed by atoms with Gasteiger partial charge in [0.2, 0.25) is 0 Å². The predicted octanol–water partition coefficient (Wildman–Crippen LogP) is 0.186. The maximum atomic E-state index is 9.01. The molecule has 0 aliphatic carbocycles. The van der Waals surface area contributed by atoms with Crippen LogP contribution >= 0.6 is 11.9 Å². The first-order valence-corrected chi connectivity index (χ1v) is 1.09. The minimum absolute atomic E-state index is 0. The van der Waals surface area contributed by atoms with Crippen molar-refractivity contribution in [2.45, 2.75) is 0 Å². The second-order valence-electron chi connectivity index (χ2n) is 0.343. The molecule has 0 saturated heterocycles. The van der Waals surface area contributed by atoms with E-state index in [4.69, 9.17) is 9.90 Å². The number of hydrogen-bond donors (Lipinski definition) is 1. The fraction of sp³-hybridized carbons (Fsp3) is 0. The molecule has 0 amide bonds. The molecule has 6 heavy (non-hydrogen) atoms. The summed E-state index contributed by atoms with van der Waals surface area (Å²) in [6, 6.07) is 0. The molecule has 32 valence electrons. The van der Waals surface area contributed by atoms with E-state index in [0.29, 0.717) is 0 Å². The van der Waals surface area contributed by atoms with Gasteiger partial charge in [0.05, 0.1) is 0 Å². The zero-order valence-electron chi connectivity index (χ0n) is 2.14. The molecular formula is CH2ClNaO3. The van der Waals surface area contributed by atoms with Crippen molar-refractivity contribution in [2.75, 3.05) is 0 Å². The summed E-state index contributed by atoms with van der Waals surface area (Å²) in [4.78, 5) is 9.01. The van der Waals surface area contributed by atoms with Crippen LogP contribution in [0.25, 0.3) is 0 Å². The minimum atomic E-state index is -1.48. The maximum absolute atomic E-state index is 9.01. The van der Waals surface area contributed by atoms with Gasteiger partial charge in [-0.3, -0.25) is 0 Å². The fourth-order valence-corrected chi connectivity index (χ4v) is 0. The average Bonchev–Trinajstić information content (AvgIpc) is 1.38.